The molecule has 2 heteroatoms. The van der Waals surface area contributed by atoms with E-state index >= 15 is 0 Å². The second-order valence-electron chi connectivity index (χ2n) is 6.45. The van der Waals surface area contributed by atoms with Gasteiger partial charge >= 0.3 is 0 Å². The molecule has 0 aromatic heterocycles. The summed E-state index contributed by atoms with van der Waals surface area (Å²) in [6.07, 6.45) is 4.47. The maximum atomic E-state index is 14.0. The highest BCUT2D eigenvalue weighted by Crippen LogP contribution is 2.40. The van der Waals surface area contributed by atoms with Gasteiger partial charge in [-0.25, -0.2) is 4.39 Å². The van der Waals surface area contributed by atoms with E-state index in [2.05, 4.69) is 13.8 Å². The molecule has 19 heavy (non-hydrogen) atoms. The molecule has 1 N–H and O–H groups in total. The number of hydrogen-bond acceptors (Lipinski definition) is 1. The van der Waals surface area contributed by atoms with Gasteiger partial charge in [0.15, 0.2) is 0 Å². The van der Waals surface area contributed by atoms with Crippen molar-refractivity contribution in [3.05, 3.63) is 35.1 Å². The van der Waals surface area contributed by atoms with Crippen LogP contribution < -0.4 is 0 Å². The van der Waals surface area contributed by atoms with Gasteiger partial charge in [0.25, 0.3) is 0 Å². The van der Waals surface area contributed by atoms with E-state index in [4.69, 9.17) is 0 Å². The van der Waals surface area contributed by atoms with Crippen LogP contribution in [0.1, 0.15) is 57.1 Å². The van der Waals surface area contributed by atoms with Crippen LogP contribution in [0.25, 0.3) is 0 Å². The Morgan fingerprint density at radius 3 is 2.68 bits per heavy atom. The van der Waals surface area contributed by atoms with E-state index in [9.17, 15) is 9.50 Å². The number of hydrogen-bond donors (Lipinski definition) is 1. The summed E-state index contributed by atoms with van der Waals surface area (Å²) in [5.74, 6) is 1.03. The third kappa shape index (κ3) is 3.17. The van der Waals surface area contributed by atoms with Crippen LogP contribution in [-0.4, -0.2) is 5.11 Å². The van der Waals surface area contributed by atoms with Crippen molar-refractivity contribution in [1.82, 2.24) is 0 Å². The molecule has 0 spiro atoms. The third-order valence-electron chi connectivity index (χ3n) is 4.66. The van der Waals surface area contributed by atoms with E-state index in [0.717, 1.165) is 24.8 Å². The van der Waals surface area contributed by atoms with Gasteiger partial charge in [-0.05, 0) is 50.5 Å². The second kappa shape index (κ2) is 5.62. The van der Waals surface area contributed by atoms with Gasteiger partial charge in [-0.2, -0.15) is 0 Å². The van der Waals surface area contributed by atoms with E-state index in [1.165, 1.54) is 6.07 Å². The molecule has 2 unspecified atom stereocenters. The number of rotatable bonds is 2. The fourth-order valence-corrected chi connectivity index (χ4v) is 3.28. The van der Waals surface area contributed by atoms with Gasteiger partial charge < -0.3 is 5.11 Å². The molecule has 0 radical (unpaired) electrons. The number of aliphatic hydroxyl groups is 1. The quantitative estimate of drug-likeness (QED) is 0.776. The van der Waals surface area contributed by atoms with Crippen LogP contribution in [0.4, 0.5) is 4.39 Å². The van der Waals surface area contributed by atoms with Crippen LogP contribution in [0.15, 0.2) is 18.2 Å². The number of halogens is 1. The summed E-state index contributed by atoms with van der Waals surface area (Å²) in [6.45, 7) is 6.42. The molecule has 0 bridgehead atoms. The predicted octanol–water partition coefficient (Wildman–Crippen LogP) is 4.56. The molecule has 0 saturated heterocycles. The van der Waals surface area contributed by atoms with Crippen molar-refractivity contribution in [1.29, 1.82) is 0 Å². The summed E-state index contributed by atoms with van der Waals surface area (Å²) in [5.41, 5.74) is 0.533. The molecule has 2 rings (SSSR count). The summed E-state index contributed by atoms with van der Waals surface area (Å²) in [7, 11) is 0. The molecular weight excluding hydrogens is 239 g/mol. The van der Waals surface area contributed by atoms with Crippen molar-refractivity contribution >= 4 is 0 Å². The van der Waals surface area contributed by atoms with Crippen molar-refractivity contribution in [2.24, 2.45) is 11.8 Å². The Morgan fingerprint density at radius 2 is 2.00 bits per heavy atom. The minimum atomic E-state index is -0.972. The van der Waals surface area contributed by atoms with Gasteiger partial charge in [0.05, 0.1) is 5.60 Å². The van der Waals surface area contributed by atoms with Gasteiger partial charge in [-0.1, -0.05) is 38.0 Å². The molecule has 106 valence electrons. The number of aryl methyl sites for hydroxylation is 1. The first kappa shape index (κ1) is 14.5. The Hall–Kier alpha value is -0.890. The normalized spacial score (nSPS) is 28.4. The first-order chi connectivity index (χ1) is 8.92. The lowest BCUT2D eigenvalue weighted by Gasteiger charge is -2.28. The topological polar surface area (TPSA) is 20.2 Å². The van der Waals surface area contributed by atoms with Crippen LogP contribution in [0, 0.1) is 24.6 Å². The van der Waals surface area contributed by atoms with Crippen molar-refractivity contribution in [3.8, 4) is 0 Å². The van der Waals surface area contributed by atoms with E-state index in [0.29, 0.717) is 30.2 Å². The van der Waals surface area contributed by atoms with Crippen LogP contribution >= 0.6 is 0 Å². The third-order valence-corrected chi connectivity index (χ3v) is 4.66. The second-order valence-corrected chi connectivity index (χ2v) is 6.45. The molecule has 2 atom stereocenters. The fraction of sp³-hybridized carbons (Fsp3) is 0.647. The zero-order valence-corrected chi connectivity index (χ0v) is 12.2. The Balaban J connectivity index is 2.25. The average Bonchev–Trinajstić information content (AvgIpc) is 2.55. The van der Waals surface area contributed by atoms with E-state index in [1.807, 2.05) is 13.0 Å². The standard InChI is InChI=1S/C17H25FO/c1-12(2)14-5-4-9-17(19,10-8-14)15-11-13(3)6-7-16(15)18/h6-7,11-12,14,19H,4-5,8-10H2,1-3H3. The Bertz CT molecular complexity index is 441. The van der Waals surface area contributed by atoms with E-state index < -0.39 is 5.60 Å². The monoisotopic (exact) mass is 264 g/mol. The summed E-state index contributed by atoms with van der Waals surface area (Å²) in [4.78, 5) is 0. The minimum absolute atomic E-state index is 0.268. The fourth-order valence-electron chi connectivity index (χ4n) is 3.28. The van der Waals surface area contributed by atoms with Crippen molar-refractivity contribution < 1.29 is 9.50 Å². The van der Waals surface area contributed by atoms with Gasteiger partial charge in [0.2, 0.25) is 0 Å². The number of benzene rings is 1. The molecule has 1 saturated carbocycles. The highest BCUT2D eigenvalue weighted by Gasteiger charge is 2.35. The van der Waals surface area contributed by atoms with Crippen molar-refractivity contribution in [2.75, 3.05) is 0 Å². The van der Waals surface area contributed by atoms with Crippen LogP contribution in [-0.2, 0) is 5.60 Å². The molecule has 1 aliphatic rings. The molecule has 0 heterocycles. The van der Waals surface area contributed by atoms with Crippen LogP contribution in [0.3, 0.4) is 0 Å². The van der Waals surface area contributed by atoms with E-state index in [-0.39, 0.29) is 5.82 Å². The van der Waals surface area contributed by atoms with Crippen LogP contribution in [0.5, 0.6) is 0 Å². The summed E-state index contributed by atoms with van der Waals surface area (Å²) < 4.78 is 14.0. The maximum absolute atomic E-state index is 14.0. The van der Waals surface area contributed by atoms with Gasteiger partial charge in [0.1, 0.15) is 5.82 Å². The maximum Gasteiger partial charge on any atom is 0.129 e. The first-order valence-corrected chi connectivity index (χ1v) is 7.41. The lowest BCUT2D eigenvalue weighted by molar-refractivity contribution is 0.0157. The Morgan fingerprint density at radius 1 is 1.26 bits per heavy atom. The molecular formula is C17H25FO. The molecule has 1 aliphatic carbocycles. The molecule has 1 nitrogen and oxygen atoms in total. The minimum Gasteiger partial charge on any atom is -0.385 e. The largest absolute Gasteiger partial charge is 0.385 e. The summed E-state index contributed by atoms with van der Waals surface area (Å²) in [5, 5.41) is 10.9. The molecule has 0 amide bonds. The molecule has 1 aromatic carbocycles. The SMILES string of the molecule is Cc1ccc(F)c(C2(O)CCCC(C(C)C)CC2)c1. The predicted molar refractivity (Wildman–Crippen MR) is 76.4 cm³/mol. The molecule has 1 aromatic rings. The van der Waals surface area contributed by atoms with Crippen molar-refractivity contribution in [2.45, 2.75) is 58.5 Å². The van der Waals surface area contributed by atoms with Crippen molar-refractivity contribution in [3.63, 3.8) is 0 Å². The van der Waals surface area contributed by atoms with Gasteiger partial charge in [-0.15, -0.1) is 0 Å². The van der Waals surface area contributed by atoms with Gasteiger partial charge in [0, 0.05) is 5.56 Å². The van der Waals surface area contributed by atoms with Crippen LogP contribution in [0.2, 0.25) is 0 Å². The summed E-state index contributed by atoms with van der Waals surface area (Å²) >= 11 is 0. The highest BCUT2D eigenvalue weighted by atomic mass is 19.1. The van der Waals surface area contributed by atoms with Gasteiger partial charge in [-0.3, -0.25) is 0 Å². The zero-order chi connectivity index (χ0) is 14.0. The lowest BCUT2D eigenvalue weighted by atomic mass is 9.84. The zero-order valence-electron chi connectivity index (χ0n) is 12.2. The summed E-state index contributed by atoms with van der Waals surface area (Å²) in [6, 6.07) is 5.05. The molecule has 1 fully saturated rings. The molecule has 0 aliphatic heterocycles. The van der Waals surface area contributed by atoms with E-state index in [1.54, 1.807) is 6.07 Å². The Labute approximate surface area is 115 Å². The first-order valence-electron chi connectivity index (χ1n) is 7.41. The average molecular weight is 264 g/mol. The Kier molecular flexibility index (Phi) is 4.29. The smallest absolute Gasteiger partial charge is 0.129 e. The lowest BCUT2D eigenvalue weighted by Crippen LogP contribution is -2.26. The highest BCUT2D eigenvalue weighted by molar-refractivity contribution is 5.29.